The predicted molar refractivity (Wildman–Crippen MR) is 68.3 cm³/mol. The molecule has 0 fully saturated rings. The molecule has 0 amide bonds. The molecule has 0 aliphatic carbocycles. The largest absolute Gasteiger partial charge is 0.495 e. The quantitative estimate of drug-likeness (QED) is 0.926. The number of hydrogen-bond donors (Lipinski definition) is 1. The molecule has 1 aromatic carbocycles. The van der Waals surface area contributed by atoms with E-state index in [1.54, 1.807) is 19.2 Å². The third-order valence-electron chi connectivity index (χ3n) is 2.08. The lowest BCUT2D eigenvalue weighted by atomic mass is 10.3. The van der Waals surface area contributed by atoms with Gasteiger partial charge in [0.2, 0.25) is 0 Å². The van der Waals surface area contributed by atoms with Gasteiger partial charge in [0.15, 0.2) is 5.82 Å². The molecule has 0 aliphatic rings. The van der Waals surface area contributed by atoms with Gasteiger partial charge in [-0.1, -0.05) is 23.2 Å². The first-order valence-electron chi connectivity index (χ1n) is 4.77. The number of hydrogen-bond acceptors (Lipinski definition) is 4. The molecule has 88 valence electrons. The zero-order valence-corrected chi connectivity index (χ0v) is 10.5. The summed E-state index contributed by atoms with van der Waals surface area (Å²) in [6, 6.07) is 5.32. The molecule has 0 atom stereocenters. The summed E-state index contributed by atoms with van der Waals surface area (Å²) in [4.78, 5) is 7.82. The van der Waals surface area contributed by atoms with Crippen LogP contribution in [0.2, 0.25) is 10.0 Å². The van der Waals surface area contributed by atoms with Gasteiger partial charge >= 0.3 is 0 Å². The highest BCUT2D eigenvalue weighted by molar-refractivity contribution is 6.33. The van der Waals surface area contributed by atoms with Gasteiger partial charge in [-0.25, -0.2) is 9.97 Å². The average Bonchev–Trinajstić information content (AvgIpc) is 2.32. The first-order chi connectivity index (χ1) is 8.20. The molecule has 17 heavy (non-hydrogen) atoms. The molecule has 0 unspecified atom stereocenters. The molecule has 0 radical (unpaired) electrons. The van der Waals surface area contributed by atoms with Gasteiger partial charge in [-0.2, -0.15) is 0 Å². The highest BCUT2D eigenvalue weighted by atomic mass is 35.5. The molecule has 0 spiro atoms. The van der Waals surface area contributed by atoms with E-state index in [0.717, 1.165) is 5.69 Å². The topological polar surface area (TPSA) is 47.0 Å². The van der Waals surface area contributed by atoms with Crippen molar-refractivity contribution in [2.45, 2.75) is 0 Å². The fraction of sp³-hybridized carbons (Fsp3) is 0.0909. The van der Waals surface area contributed by atoms with Crippen LogP contribution < -0.4 is 10.1 Å². The van der Waals surface area contributed by atoms with Crippen molar-refractivity contribution in [3.63, 3.8) is 0 Å². The van der Waals surface area contributed by atoms with Gasteiger partial charge in [0.25, 0.3) is 0 Å². The molecule has 2 aromatic rings. The van der Waals surface area contributed by atoms with Gasteiger partial charge < -0.3 is 10.1 Å². The Morgan fingerprint density at radius 1 is 1.24 bits per heavy atom. The summed E-state index contributed by atoms with van der Waals surface area (Å²) in [5.41, 5.74) is 0.774. The monoisotopic (exact) mass is 269 g/mol. The van der Waals surface area contributed by atoms with E-state index in [-0.39, 0.29) is 0 Å². The van der Waals surface area contributed by atoms with E-state index in [2.05, 4.69) is 15.3 Å². The lowest BCUT2D eigenvalue weighted by Crippen LogP contribution is -1.95. The molecule has 1 aromatic heterocycles. The number of nitrogens with zero attached hydrogens (tertiary/aromatic N) is 2. The third kappa shape index (κ3) is 2.78. The minimum absolute atomic E-state index is 0.444. The van der Waals surface area contributed by atoms with Gasteiger partial charge in [0.1, 0.15) is 17.1 Å². The van der Waals surface area contributed by atoms with Crippen molar-refractivity contribution >= 4 is 34.7 Å². The lowest BCUT2D eigenvalue weighted by Gasteiger charge is -2.08. The highest BCUT2D eigenvalue weighted by Gasteiger charge is 2.05. The number of rotatable bonds is 3. The summed E-state index contributed by atoms with van der Waals surface area (Å²) in [6.07, 6.45) is 2.93. The van der Waals surface area contributed by atoms with Crippen molar-refractivity contribution in [2.24, 2.45) is 0 Å². The molecule has 0 aliphatic heterocycles. The Morgan fingerprint density at radius 3 is 2.71 bits per heavy atom. The maximum Gasteiger partial charge on any atom is 0.152 e. The average molecular weight is 270 g/mol. The molecule has 4 nitrogen and oxygen atoms in total. The third-order valence-corrected chi connectivity index (χ3v) is 2.65. The van der Waals surface area contributed by atoms with Crippen LogP contribution in [-0.2, 0) is 0 Å². The van der Waals surface area contributed by atoms with Crippen molar-refractivity contribution in [2.75, 3.05) is 12.4 Å². The van der Waals surface area contributed by atoms with Crippen LogP contribution in [-0.4, -0.2) is 17.1 Å². The van der Waals surface area contributed by atoms with E-state index in [1.165, 1.54) is 12.5 Å². The van der Waals surface area contributed by atoms with Crippen LogP contribution in [0, 0.1) is 0 Å². The second kappa shape index (κ2) is 5.21. The summed E-state index contributed by atoms with van der Waals surface area (Å²) in [5, 5.41) is 4.00. The molecule has 6 heteroatoms. The van der Waals surface area contributed by atoms with Crippen molar-refractivity contribution in [3.05, 3.63) is 40.8 Å². The van der Waals surface area contributed by atoms with Crippen LogP contribution in [0.15, 0.2) is 30.7 Å². The number of nitrogens with one attached hydrogen (secondary N) is 1. The van der Waals surface area contributed by atoms with Crippen LogP contribution in [0.1, 0.15) is 0 Å². The Balaban J connectivity index is 2.25. The summed E-state index contributed by atoms with van der Waals surface area (Å²) in [5.74, 6) is 1.15. The van der Waals surface area contributed by atoms with Crippen LogP contribution >= 0.6 is 23.2 Å². The molecule has 0 saturated carbocycles. The molecule has 0 saturated heterocycles. The number of ether oxygens (including phenoxy) is 1. The zero-order chi connectivity index (χ0) is 12.3. The second-order valence-electron chi connectivity index (χ2n) is 3.19. The number of methoxy groups -OCH3 is 1. The first kappa shape index (κ1) is 12.0. The van der Waals surface area contributed by atoms with Gasteiger partial charge in [0.05, 0.1) is 18.3 Å². The number of anilines is 2. The smallest absolute Gasteiger partial charge is 0.152 e. The Kier molecular flexibility index (Phi) is 3.66. The van der Waals surface area contributed by atoms with Gasteiger partial charge in [0, 0.05) is 5.69 Å². The SMILES string of the molecule is COc1ccc(Nc2ncncc2Cl)cc1Cl. The Morgan fingerprint density at radius 2 is 2.06 bits per heavy atom. The van der Waals surface area contributed by atoms with Gasteiger partial charge in [-0.05, 0) is 18.2 Å². The maximum atomic E-state index is 6.00. The Hall–Kier alpha value is -1.52. The molecule has 2 rings (SSSR count). The van der Waals surface area contributed by atoms with E-state index >= 15 is 0 Å². The molecular formula is C11H9Cl2N3O. The predicted octanol–water partition coefficient (Wildman–Crippen LogP) is 3.54. The van der Waals surface area contributed by atoms with E-state index in [9.17, 15) is 0 Å². The zero-order valence-electron chi connectivity index (χ0n) is 8.95. The fourth-order valence-corrected chi connectivity index (χ4v) is 1.70. The number of aromatic nitrogens is 2. The lowest BCUT2D eigenvalue weighted by molar-refractivity contribution is 0.415. The fourth-order valence-electron chi connectivity index (χ4n) is 1.29. The van der Waals surface area contributed by atoms with Crippen molar-refractivity contribution in [1.29, 1.82) is 0 Å². The van der Waals surface area contributed by atoms with Gasteiger partial charge in [-0.3, -0.25) is 0 Å². The van der Waals surface area contributed by atoms with Crippen LogP contribution in [0.4, 0.5) is 11.5 Å². The van der Waals surface area contributed by atoms with Crippen LogP contribution in [0.25, 0.3) is 0 Å². The van der Waals surface area contributed by atoms with E-state index in [1.807, 2.05) is 6.07 Å². The van der Waals surface area contributed by atoms with E-state index in [0.29, 0.717) is 21.6 Å². The molecule has 1 heterocycles. The van der Waals surface area contributed by atoms with Crippen LogP contribution in [0.3, 0.4) is 0 Å². The minimum Gasteiger partial charge on any atom is -0.495 e. The highest BCUT2D eigenvalue weighted by Crippen LogP contribution is 2.29. The minimum atomic E-state index is 0.444. The molecular weight excluding hydrogens is 261 g/mol. The maximum absolute atomic E-state index is 6.00. The van der Waals surface area contributed by atoms with E-state index in [4.69, 9.17) is 27.9 Å². The van der Waals surface area contributed by atoms with Gasteiger partial charge in [-0.15, -0.1) is 0 Å². The van der Waals surface area contributed by atoms with Crippen molar-refractivity contribution in [1.82, 2.24) is 9.97 Å². The summed E-state index contributed by atoms with van der Waals surface area (Å²) < 4.78 is 5.06. The Bertz CT molecular complexity index is 534. The first-order valence-corrected chi connectivity index (χ1v) is 5.52. The molecule has 0 bridgehead atoms. The summed E-state index contributed by atoms with van der Waals surface area (Å²) in [7, 11) is 1.57. The number of halogens is 2. The second-order valence-corrected chi connectivity index (χ2v) is 4.01. The number of benzene rings is 1. The van der Waals surface area contributed by atoms with E-state index < -0.39 is 0 Å². The summed E-state index contributed by atoms with van der Waals surface area (Å²) >= 11 is 11.9. The van der Waals surface area contributed by atoms with Crippen LogP contribution in [0.5, 0.6) is 5.75 Å². The molecule has 1 N–H and O–H groups in total. The standard InChI is InChI=1S/C11H9Cl2N3O/c1-17-10-3-2-7(4-8(10)12)16-11-9(13)5-14-6-15-11/h2-6H,1H3,(H,14,15,16). The van der Waals surface area contributed by atoms with Crippen molar-refractivity contribution < 1.29 is 4.74 Å². The Labute approximate surface area is 109 Å². The summed E-state index contributed by atoms with van der Waals surface area (Å²) in [6.45, 7) is 0. The van der Waals surface area contributed by atoms with Crippen molar-refractivity contribution in [3.8, 4) is 5.75 Å². The normalized spacial score (nSPS) is 10.1.